The predicted molar refractivity (Wildman–Crippen MR) is 136 cm³/mol. The van der Waals surface area contributed by atoms with E-state index in [-0.39, 0.29) is 5.75 Å². The molecule has 0 unspecified atom stereocenters. The molecule has 0 bridgehead atoms. The van der Waals surface area contributed by atoms with Crippen LogP contribution < -0.4 is 20.9 Å². The summed E-state index contributed by atoms with van der Waals surface area (Å²) in [6.07, 6.45) is 8.72. The maximum atomic E-state index is 13.9. The molecule has 1 aliphatic heterocycles. The lowest BCUT2D eigenvalue weighted by Crippen LogP contribution is -2.48. The molecule has 37 heavy (non-hydrogen) atoms. The summed E-state index contributed by atoms with van der Waals surface area (Å²) in [5, 5.41) is 2.65. The van der Waals surface area contributed by atoms with E-state index in [1.165, 1.54) is 32.2 Å². The molecule has 0 amide bonds. The van der Waals surface area contributed by atoms with Crippen LogP contribution in [0.15, 0.2) is 58.3 Å². The number of para-hydroxylation sites is 1. The molecule has 2 N–H and O–H groups in total. The van der Waals surface area contributed by atoms with Crippen molar-refractivity contribution in [1.29, 1.82) is 0 Å². The van der Waals surface area contributed by atoms with Crippen LogP contribution in [0.1, 0.15) is 39.5 Å². The number of nitrogens with zero attached hydrogens (tertiary/aromatic N) is 1. The number of nitrogens with one attached hydrogen (secondary N) is 2. The number of aryl methyl sites for hydroxylation is 1. The minimum absolute atomic E-state index is 0.220. The molecule has 3 atom stereocenters. The smallest absolute Gasteiger partial charge is 0.459 e. The van der Waals surface area contributed by atoms with Gasteiger partial charge in [0.05, 0.1) is 6.10 Å². The lowest BCUT2D eigenvalue weighted by Gasteiger charge is -2.31. The molecule has 2 aromatic rings. The normalized spacial score (nSPS) is 20.8. The zero-order valence-electron chi connectivity index (χ0n) is 21.2. The monoisotopic (exact) mass is 531 g/mol. The third kappa shape index (κ3) is 6.87. The number of benzene rings is 1. The van der Waals surface area contributed by atoms with Gasteiger partial charge < -0.3 is 14.0 Å². The number of rotatable bonds is 10. The number of carbonyl (C=O) groups is 1. The van der Waals surface area contributed by atoms with Gasteiger partial charge in [0.25, 0.3) is 5.56 Å². The highest BCUT2D eigenvalue weighted by Crippen LogP contribution is 2.48. The summed E-state index contributed by atoms with van der Waals surface area (Å²) < 4.78 is 37.6. The van der Waals surface area contributed by atoms with Crippen LogP contribution in [-0.2, 0) is 23.4 Å². The van der Waals surface area contributed by atoms with E-state index in [1.807, 2.05) is 0 Å². The van der Waals surface area contributed by atoms with Crippen molar-refractivity contribution in [1.82, 2.24) is 14.6 Å². The minimum atomic E-state index is -4.26. The first-order valence-corrected chi connectivity index (χ1v) is 13.0. The number of esters is 1. The Balaban J connectivity index is 1.84. The number of carbonyl (C=O) groups excluding carboxylic acids is 1. The van der Waals surface area contributed by atoms with Crippen LogP contribution >= 0.6 is 7.75 Å². The average Bonchev–Trinajstić information content (AvgIpc) is 3.25. The number of ether oxygens (including phenoxy) is 2. The topological polar surface area (TPSA) is 138 Å². The largest absolute Gasteiger partial charge is 0.462 e. The van der Waals surface area contributed by atoms with Crippen molar-refractivity contribution < 1.29 is 27.9 Å². The van der Waals surface area contributed by atoms with Crippen LogP contribution in [-0.4, -0.2) is 39.4 Å². The third-order valence-corrected chi connectivity index (χ3v) is 6.97. The van der Waals surface area contributed by atoms with E-state index in [2.05, 4.69) is 16.0 Å². The van der Waals surface area contributed by atoms with Gasteiger partial charge in [-0.1, -0.05) is 24.1 Å². The standard InChI is InChI=1S/C25H30N3O8P/c1-7-25(14-13-20(35-25)28-15-18(4)21(29)26-23(28)31)16-33-37(32,36-19-11-9-8-10-12-19)27-24(5,6)22(30)34-17(2)3/h1,8-15,17,20H,16H2,2-6H3,(H,27,32)(H,26,29,31)/t20-,25+,37+/m1/s1. The maximum Gasteiger partial charge on any atom is 0.459 e. The summed E-state index contributed by atoms with van der Waals surface area (Å²) in [5.41, 5.74) is -3.91. The summed E-state index contributed by atoms with van der Waals surface area (Å²) in [4.78, 5) is 38.8. The Morgan fingerprint density at radius 3 is 2.62 bits per heavy atom. The summed E-state index contributed by atoms with van der Waals surface area (Å²) >= 11 is 0. The molecule has 1 aromatic heterocycles. The van der Waals surface area contributed by atoms with Crippen LogP contribution in [0.3, 0.4) is 0 Å². The lowest BCUT2D eigenvalue weighted by molar-refractivity contribution is -0.153. The molecule has 2 heterocycles. The van der Waals surface area contributed by atoms with Crippen LogP contribution in [0.4, 0.5) is 0 Å². The Hall–Kier alpha value is -3.42. The van der Waals surface area contributed by atoms with Crippen molar-refractivity contribution >= 4 is 13.7 Å². The first kappa shape index (κ1) is 28.2. The van der Waals surface area contributed by atoms with Gasteiger partial charge in [0, 0.05) is 11.8 Å². The van der Waals surface area contributed by atoms with E-state index in [0.717, 1.165) is 4.57 Å². The fourth-order valence-electron chi connectivity index (χ4n) is 3.29. The lowest BCUT2D eigenvalue weighted by atomic mass is 10.1. The molecule has 1 aromatic carbocycles. The number of aromatic amines is 1. The SMILES string of the molecule is C#C[C@@]1(CO[P@@](=O)(NC(C)(C)C(=O)OC(C)C)Oc2ccccc2)C=C[C@H](n2cc(C)c(=O)[nH]c2=O)O1. The van der Waals surface area contributed by atoms with Crippen LogP contribution in [0.2, 0.25) is 0 Å². The van der Waals surface area contributed by atoms with Crippen molar-refractivity contribution in [2.45, 2.75) is 58.1 Å². The molecule has 0 aliphatic carbocycles. The van der Waals surface area contributed by atoms with E-state index in [4.69, 9.17) is 24.9 Å². The van der Waals surface area contributed by atoms with E-state index in [1.54, 1.807) is 51.1 Å². The second-order valence-corrected chi connectivity index (χ2v) is 10.9. The van der Waals surface area contributed by atoms with E-state index in [0.29, 0.717) is 5.56 Å². The van der Waals surface area contributed by atoms with Gasteiger partial charge in [-0.15, -0.1) is 6.42 Å². The summed E-state index contributed by atoms with van der Waals surface area (Å²) in [7, 11) is -4.26. The van der Waals surface area contributed by atoms with Gasteiger partial charge in [-0.25, -0.2) is 9.36 Å². The van der Waals surface area contributed by atoms with Crippen molar-refractivity contribution in [2.24, 2.45) is 0 Å². The van der Waals surface area contributed by atoms with Gasteiger partial charge in [0.2, 0.25) is 0 Å². The molecule has 0 fully saturated rings. The van der Waals surface area contributed by atoms with Gasteiger partial charge in [0.1, 0.15) is 17.9 Å². The molecular formula is C25H30N3O8P. The minimum Gasteiger partial charge on any atom is -0.462 e. The molecule has 1 aliphatic rings. The number of H-pyrrole nitrogens is 1. The fourth-order valence-corrected chi connectivity index (χ4v) is 4.99. The van der Waals surface area contributed by atoms with Gasteiger partial charge in [0.15, 0.2) is 11.8 Å². The predicted octanol–water partition coefficient (Wildman–Crippen LogP) is 2.83. The first-order chi connectivity index (χ1) is 17.3. The molecule has 12 heteroatoms. The number of aromatic nitrogens is 2. The van der Waals surface area contributed by atoms with Crippen LogP contribution in [0, 0.1) is 19.3 Å². The van der Waals surface area contributed by atoms with Crippen molar-refractivity contribution in [2.75, 3.05) is 6.61 Å². The number of terminal acetylenes is 1. The molecule has 0 saturated heterocycles. The number of hydrogen-bond acceptors (Lipinski definition) is 8. The van der Waals surface area contributed by atoms with Crippen molar-refractivity contribution in [3.63, 3.8) is 0 Å². The molecular weight excluding hydrogens is 501 g/mol. The summed E-state index contributed by atoms with van der Waals surface area (Å²) in [6.45, 7) is 7.42. The second kappa shape index (κ2) is 10.9. The molecule has 3 rings (SSSR count). The van der Waals surface area contributed by atoms with Gasteiger partial charge in [-0.2, -0.15) is 5.09 Å². The van der Waals surface area contributed by atoms with Gasteiger partial charge >= 0.3 is 19.4 Å². The molecule has 0 spiro atoms. The highest BCUT2D eigenvalue weighted by molar-refractivity contribution is 7.52. The van der Waals surface area contributed by atoms with Crippen LogP contribution in [0.25, 0.3) is 0 Å². The molecule has 11 nitrogen and oxygen atoms in total. The quantitative estimate of drug-likeness (QED) is 0.205. The Bertz CT molecular complexity index is 1370. The zero-order valence-corrected chi connectivity index (χ0v) is 22.1. The second-order valence-electron chi connectivity index (χ2n) is 9.25. The average molecular weight is 532 g/mol. The van der Waals surface area contributed by atoms with E-state index < -0.39 is 55.0 Å². The highest BCUT2D eigenvalue weighted by Gasteiger charge is 2.44. The molecule has 0 radical (unpaired) electrons. The Labute approximate surface area is 214 Å². The van der Waals surface area contributed by atoms with Gasteiger partial charge in [-0.05, 0) is 58.9 Å². The Kier molecular flexibility index (Phi) is 8.30. The summed E-state index contributed by atoms with van der Waals surface area (Å²) in [6, 6.07) is 8.25. The zero-order chi connectivity index (χ0) is 27.4. The van der Waals surface area contributed by atoms with Crippen molar-refractivity contribution in [3.05, 3.63) is 75.1 Å². The number of hydrogen-bond donors (Lipinski definition) is 2. The Morgan fingerprint density at radius 2 is 2.00 bits per heavy atom. The first-order valence-electron chi connectivity index (χ1n) is 11.4. The molecule has 198 valence electrons. The Morgan fingerprint density at radius 1 is 1.32 bits per heavy atom. The highest BCUT2D eigenvalue weighted by atomic mass is 31.2. The third-order valence-electron chi connectivity index (χ3n) is 5.21. The summed E-state index contributed by atoms with van der Waals surface area (Å²) in [5.74, 6) is 2.01. The van der Waals surface area contributed by atoms with E-state index >= 15 is 0 Å². The molecule has 0 saturated carbocycles. The fraction of sp³-hybridized carbons (Fsp3) is 0.400. The van der Waals surface area contributed by atoms with E-state index in [9.17, 15) is 18.9 Å². The van der Waals surface area contributed by atoms with Crippen LogP contribution in [0.5, 0.6) is 5.75 Å². The van der Waals surface area contributed by atoms with Crippen molar-refractivity contribution in [3.8, 4) is 18.1 Å². The van der Waals surface area contributed by atoms with Gasteiger partial charge in [-0.3, -0.25) is 23.7 Å². The maximum absolute atomic E-state index is 13.9.